The second-order valence-corrected chi connectivity index (χ2v) is 5.47. The molecule has 0 heterocycles. The molecule has 3 nitrogen and oxygen atoms in total. The number of hydrogen-bond acceptors (Lipinski definition) is 3. The van der Waals surface area contributed by atoms with Gasteiger partial charge in [-0.05, 0) is 42.5 Å². The van der Waals surface area contributed by atoms with Gasteiger partial charge in [0.05, 0.1) is 0 Å². The number of benzene rings is 2. The van der Waals surface area contributed by atoms with E-state index in [2.05, 4.69) is 5.92 Å². The van der Waals surface area contributed by atoms with Gasteiger partial charge >= 0.3 is 0 Å². The van der Waals surface area contributed by atoms with Gasteiger partial charge in [0.1, 0.15) is 12.4 Å². The zero-order valence-electron chi connectivity index (χ0n) is 12.2. The summed E-state index contributed by atoms with van der Waals surface area (Å²) in [5, 5.41) is 0. The zero-order chi connectivity index (χ0) is 15.5. The molecular weight excluding hydrogens is 274 g/mol. The van der Waals surface area contributed by atoms with E-state index in [1.807, 2.05) is 24.3 Å². The minimum absolute atomic E-state index is 0.106. The average Bonchev–Trinajstić information content (AvgIpc) is 3.38. The number of terminal acetylenes is 1. The fourth-order valence-electron chi connectivity index (χ4n) is 2.43. The van der Waals surface area contributed by atoms with E-state index in [4.69, 9.17) is 16.9 Å². The summed E-state index contributed by atoms with van der Waals surface area (Å²) in [6.45, 7) is 0.160. The number of rotatable bonds is 5. The highest BCUT2D eigenvalue weighted by molar-refractivity contribution is 6.12. The molecule has 0 unspecified atom stereocenters. The van der Waals surface area contributed by atoms with Crippen LogP contribution in [0.5, 0.6) is 5.75 Å². The molecule has 0 bridgehead atoms. The van der Waals surface area contributed by atoms with Crippen molar-refractivity contribution in [3.05, 3.63) is 59.2 Å². The predicted molar refractivity (Wildman–Crippen MR) is 87.0 cm³/mol. The maximum absolute atomic E-state index is 12.6. The molecule has 0 atom stereocenters. The molecule has 0 aromatic heterocycles. The average molecular weight is 291 g/mol. The highest BCUT2D eigenvalue weighted by atomic mass is 16.5. The van der Waals surface area contributed by atoms with Crippen LogP contribution in [0.1, 0.15) is 40.2 Å². The lowest BCUT2D eigenvalue weighted by atomic mass is 9.99. The quantitative estimate of drug-likeness (QED) is 0.522. The van der Waals surface area contributed by atoms with Crippen LogP contribution in [-0.2, 0) is 0 Å². The number of carbonyl (C=O) groups is 1. The van der Waals surface area contributed by atoms with Crippen LogP contribution in [0.15, 0.2) is 42.5 Å². The summed E-state index contributed by atoms with van der Waals surface area (Å²) < 4.78 is 5.35. The van der Waals surface area contributed by atoms with Crippen molar-refractivity contribution in [2.75, 3.05) is 12.3 Å². The molecule has 0 spiro atoms. The molecule has 3 rings (SSSR count). The Morgan fingerprint density at radius 2 is 1.95 bits per heavy atom. The first-order valence-corrected chi connectivity index (χ1v) is 7.29. The largest absolute Gasteiger partial charge is 0.481 e. The van der Waals surface area contributed by atoms with E-state index >= 15 is 0 Å². The minimum atomic E-state index is -0.106. The molecule has 0 amide bonds. The topological polar surface area (TPSA) is 52.3 Å². The number of nitrogens with two attached hydrogens (primary N) is 1. The maximum atomic E-state index is 12.6. The molecule has 0 radical (unpaired) electrons. The van der Waals surface area contributed by atoms with Gasteiger partial charge in [-0.15, -0.1) is 6.42 Å². The van der Waals surface area contributed by atoms with Crippen molar-refractivity contribution in [1.82, 2.24) is 0 Å². The Balaban J connectivity index is 1.85. The first-order valence-electron chi connectivity index (χ1n) is 7.29. The summed E-state index contributed by atoms with van der Waals surface area (Å²) in [5.74, 6) is 3.51. The lowest BCUT2D eigenvalue weighted by molar-refractivity contribution is 0.103. The molecule has 1 aliphatic carbocycles. The molecule has 1 fully saturated rings. The number of hydrogen-bond donors (Lipinski definition) is 1. The van der Waals surface area contributed by atoms with Crippen molar-refractivity contribution in [1.29, 1.82) is 0 Å². The Hall–Kier alpha value is -2.73. The Morgan fingerprint density at radius 3 is 2.59 bits per heavy atom. The van der Waals surface area contributed by atoms with E-state index in [0.29, 0.717) is 28.5 Å². The van der Waals surface area contributed by atoms with E-state index in [-0.39, 0.29) is 12.4 Å². The van der Waals surface area contributed by atoms with E-state index in [1.165, 1.54) is 18.4 Å². The van der Waals surface area contributed by atoms with Gasteiger partial charge in [-0.25, -0.2) is 0 Å². The lowest BCUT2D eigenvalue weighted by Crippen LogP contribution is -2.06. The van der Waals surface area contributed by atoms with Gasteiger partial charge in [0, 0.05) is 16.8 Å². The Labute approximate surface area is 130 Å². The molecule has 1 saturated carbocycles. The summed E-state index contributed by atoms with van der Waals surface area (Å²) in [7, 11) is 0. The summed E-state index contributed by atoms with van der Waals surface area (Å²) in [4.78, 5) is 12.6. The van der Waals surface area contributed by atoms with Crippen molar-refractivity contribution in [3.63, 3.8) is 0 Å². The van der Waals surface area contributed by atoms with Crippen molar-refractivity contribution >= 4 is 11.5 Å². The highest BCUT2D eigenvalue weighted by Crippen LogP contribution is 2.40. The van der Waals surface area contributed by atoms with Crippen LogP contribution in [-0.4, -0.2) is 12.4 Å². The fraction of sp³-hybridized carbons (Fsp3) is 0.211. The van der Waals surface area contributed by atoms with Gasteiger partial charge in [-0.2, -0.15) is 0 Å². The SMILES string of the molecule is C#CCOc1ccc(N)c(C(=O)c2ccc(C3CC3)cc2)c1. The Morgan fingerprint density at radius 1 is 1.23 bits per heavy atom. The van der Waals surface area contributed by atoms with Crippen molar-refractivity contribution in [2.24, 2.45) is 0 Å². The number of ether oxygens (including phenoxy) is 1. The summed E-state index contributed by atoms with van der Waals surface area (Å²) >= 11 is 0. The highest BCUT2D eigenvalue weighted by Gasteiger charge is 2.23. The lowest BCUT2D eigenvalue weighted by Gasteiger charge is -2.09. The van der Waals surface area contributed by atoms with Crippen LogP contribution in [0, 0.1) is 12.3 Å². The normalized spacial score (nSPS) is 13.4. The number of nitrogen functional groups attached to an aromatic ring is 1. The van der Waals surface area contributed by atoms with Crippen LogP contribution in [0.3, 0.4) is 0 Å². The Kier molecular flexibility index (Phi) is 3.84. The third kappa shape index (κ3) is 2.96. The van der Waals surface area contributed by atoms with Crippen LogP contribution in [0.25, 0.3) is 0 Å². The number of anilines is 1. The summed E-state index contributed by atoms with van der Waals surface area (Å²) in [6, 6.07) is 12.8. The van der Waals surface area contributed by atoms with Crippen molar-refractivity contribution < 1.29 is 9.53 Å². The third-order valence-corrected chi connectivity index (χ3v) is 3.81. The fourth-order valence-corrected chi connectivity index (χ4v) is 2.43. The number of carbonyl (C=O) groups excluding carboxylic acids is 1. The molecule has 2 N–H and O–H groups in total. The maximum Gasteiger partial charge on any atom is 0.195 e. The standard InChI is InChI=1S/C19H17NO2/c1-2-11-22-16-9-10-18(20)17(12-16)19(21)15-7-5-14(6-8-15)13-3-4-13/h1,5-10,12-13H,3-4,11,20H2. The van der Waals surface area contributed by atoms with Crippen LogP contribution in [0.4, 0.5) is 5.69 Å². The molecule has 1 aliphatic rings. The molecule has 0 saturated heterocycles. The van der Waals surface area contributed by atoms with Crippen LogP contribution in [0.2, 0.25) is 0 Å². The molecule has 0 aliphatic heterocycles. The molecule has 2 aromatic rings. The van der Waals surface area contributed by atoms with Crippen LogP contribution >= 0.6 is 0 Å². The molecule has 110 valence electrons. The number of ketones is 1. The van der Waals surface area contributed by atoms with Gasteiger partial charge in [0.2, 0.25) is 0 Å². The minimum Gasteiger partial charge on any atom is -0.481 e. The van der Waals surface area contributed by atoms with E-state index in [9.17, 15) is 4.79 Å². The molecule has 22 heavy (non-hydrogen) atoms. The van der Waals surface area contributed by atoms with Gasteiger partial charge < -0.3 is 10.5 Å². The van der Waals surface area contributed by atoms with Gasteiger partial charge in [-0.1, -0.05) is 30.2 Å². The van der Waals surface area contributed by atoms with E-state index in [1.54, 1.807) is 18.2 Å². The molecular formula is C19H17NO2. The van der Waals surface area contributed by atoms with E-state index in [0.717, 1.165) is 0 Å². The van der Waals surface area contributed by atoms with Crippen molar-refractivity contribution in [2.45, 2.75) is 18.8 Å². The zero-order valence-corrected chi connectivity index (χ0v) is 12.2. The summed E-state index contributed by atoms with van der Waals surface area (Å²) in [5.41, 5.74) is 8.73. The van der Waals surface area contributed by atoms with Gasteiger partial charge in [0.25, 0.3) is 0 Å². The second kappa shape index (κ2) is 5.95. The predicted octanol–water partition coefficient (Wildman–Crippen LogP) is 3.39. The first-order chi connectivity index (χ1) is 10.7. The first kappa shape index (κ1) is 14.2. The van der Waals surface area contributed by atoms with Crippen LogP contribution < -0.4 is 10.5 Å². The van der Waals surface area contributed by atoms with Gasteiger partial charge in [-0.3, -0.25) is 4.79 Å². The van der Waals surface area contributed by atoms with Gasteiger partial charge in [0.15, 0.2) is 5.78 Å². The summed E-state index contributed by atoms with van der Waals surface area (Å²) in [6.07, 6.45) is 7.66. The van der Waals surface area contributed by atoms with Crippen molar-refractivity contribution in [3.8, 4) is 18.1 Å². The molecule has 3 heteroatoms. The molecule has 2 aromatic carbocycles. The monoisotopic (exact) mass is 291 g/mol. The Bertz CT molecular complexity index is 737. The van der Waals surface area contributed by atoms with E-state index < -0.39 is 0 Å². The smallest absolute Gasteiger partial charge is 0.195 e. The third-order valence-electron chi connectivity index (χ3n) is 3.81. The second-order valence-electron chi connectivity index (χ2n) is 5.47.